The van der Waals surface area contributed by atoms with Gasteiger partial charge in [0.2, 0.25) is 5.88 Å². The molecule has 0 unspecified atom stereocenters. The number of halogens is 1. The molecule has 0 saturated heterocycles. The highest BCUT2D eigenvalue weighted by Gasteiger charge is 2.14. The van der Waals surface area contributed by atoms with Gasteiger partial charge in [0.05, 0.1) is 17.1 Å². The minimum Gasteiger partial charge on any atom is -0.439 e. The van der Waals surface area contributed by atoms with E-state index in [0.29, 0.717) is 11.8 Å². The molecule has 0 aliphatic rings. The van der Waals surface area contributed by atoms with Gasteiger partial charge >= 0.3 is 0 Å². The zero-order chi connectivity index (χ0) is 13.3. The molecule has 0 spiro atoms. The second-order valence-electron chi connectivity index (χ2n) is 4.55. The molecule has 1 aromatic carbocycles. The third-order valence-corrected chi connectivity index (χ3v) is 3.10. The minimum atomic E-state index is 0.403. The van der Waals surface area contributed by atoms with Crippen LogP contribution in [-0.2, 0) is 12.9 Å². The molecular weight excluding hydrogens is 248 g/mol. The average molecular weight is 265 g/mol. The molecule has 0 saturated carbocycles. The normalized spacial score (nSPS) is 10.7. The summed E-state index contributed by atoms with van der Waals surface area (Å²) in [4.78, 5) is 0. The molecule has 2 aromatic rings. The first-order chi connectivity index (χ1) is 8.51. The Kier molecular flexibility index (Phi) is 3.62. The fraction of sp³-hybridized carbons (Fsp3) is 0.357. The standard InChI is InChI=1S/C14H17ClN2O/c1-9-5-10(2)7-12(6-9)18-14-13(8-15)11(3)16-17(14)4/h5-7H,8H2,1-4H3. The first kappa shape index (κ1) is 13.0. The van der Waals surface area contributed by atoms with Gasteiger partial charge in [-0.1, -0.05) is 6.07 Å². The number of nitrogens with zero attached hydrogens (tertiary/aromatic N) is 2. The summed E-state index contributed by atoms with van der Waals surface area (Å²) >= 11 is 5.95. The van der Waals surface area contributed by atoms with Crippen molar-refractivity contribution in [3.05, 3.63) is 40.6 Å². The summed E-state index contributed by atoms with van der Waals surface area (Å²) in [5.74, 6) is 1.94. The van der Waals surface area contributed by atoms with E-state index in [0.717, 1.165) is 17.0 Å². The molecule has 18 heavy (non-hydrogen) atoms. The molecule has 0 amide bonds. The molecule has 0 atom stereocenters. The van der Waals surface area contributed by atoms with Gasteiger partial charge in [-0.25, -0.2) is 4.68 Å². The Bertz CT molecular complexity index is 555. The highest BCUT2D eigenvalue weighted by atomic mass is 35.5. The van der Waals surface area contributed by atoms with E-state index >= 15 is 0 Å². The largest absolute Gasteiger partial charge is 0.439 e. The van der Waals surface area contributed by atoms with Crippen LogP contribution < -0.4 is 4.74 Å². The van der Waals surface area contributed by atoms with Gasteiger partial charge < -0.3 is 4.74 Å². The van der Waals surface area contributed by atoms with E-state index in [2.05, 4.69) is 25.0 Å². The van der Waals surface area contributed by atoms with Gasteiger partial charge in [-0.15, -0.1) is 11.6 Å². The number of ether oxygens (including phenoxy) is 1. The lowest BCUT2D eigenvalue weighted by Crippen LogP contribution is -1.97. The Morgan fingerprint density at radius 3 is 2.33 bits per heavy atom. The van der Waals surface area contributed by atoms with Crippen LogP contribution in [0.3, 0.4) is 0 Å². The fourth-order valence-corrected chi connectivity index (χ4v) is 2.37. The molecule has 0 radical (unpaired) electrons. The van der Waals surface area contributed by atoms with Crippen molar-refractivity contribution in [2.75, 3.05) is 0 Å². The van der Waals surface area contributed by atoms with Crippen LogP contribution in [0.1, 0.15) is 22.4 Å². The Labute approximate surface area is 112 Å². The van der Waals surface area contributed by atoms with Crippen molar-refractivity contribution in [2.24, 2.45) is 7.05 Å². The zero-order valence-electron chi connectivity index (χ0n) is 11.1. The van der Waals surface area contributed by atoms with E-state index in [9.17, 15) is 0 Å². The van der Waals surface area contributed by atoms with Crippen LogP contribution in [0.15, 0.2) is 18.2 Å². The summed E-state index contributed by atoms with van der Waals surface area (Å²) in [7, 11) is 1.86. The molecule has 0 N–H and O–H groups in total. The summed E-state index contributed by atoms with van der Waals surface area (Å²) in [6, 6.07) is 6.13. The summed E-state index contributed by atoms with van der Waals surface area (Å²) in [6.07, 6.45) is 0. The molecule has 3 nitrogen and oxygen atoms in total. The number of alkyl halides is 1. The summed E-state index contributed by atoms with van der Waals surface area (Å²) in [6.45, 7) is 6.04. The summed E-state index contributed by atoms with van der Waals surface area (Å²) in [5.41, 5.74) is 4.21. The van der Waals surface area contributed by atoms with Crippen molar-refractivity contribution in [3.8, 4) is 11.6 Å². The second-order valence-corrected chi connectivity index (χ2v) is 4.82. The van der Waals surface area contributed by atoms with E-state index in [1.165, 1.54) is 11.1 Å². The second kappa shape index (κ2) is 5.02. The lowest BCUT2D eigenvalue weighted by Gasteiger charge is -2.09. The lowest BCUT2D eigenvalue weighted by molar-refractivity contribution is 0.427. The zero-order valence-corrected chi connectivity index (χ0v) is 11.9. The van der Waals surface area contributed by atoms with Crippen LogP contribution in [0.4, 0.5) is 0 Å². The van der Waals surface area contributed by atoms with Crippen molar-refractivity contribution < 1.29 is 4.74 Å². The van der Waals surface area contributed by atoms with Gasteiger partial charge in [-0.2, -0.15) is 5.10 Å². The van der Waals surface area contributed by atoms with Gasteiger partial charge in [-0.3, -0.25) is 0 Å². The van der Waals surface area contributed by atoms with E-state index in [1.807, 2.05) is 26.1 Å². The quantitative estimate of drug-likeness (QED) is 0.787. The van der Waals surface area contributed by atoms with E-state index in [-0.39, 0.29) is 0 Å². The molecule has 0 fully saturated rings. The molecular formula is C14H17ClN2O. The van der Waals surface area contributed by atoms with Gasteiger partial charge in [0.15, 0.2) is 0 Å². The van der Waals surface area contributed by atoms with Crippen molar-refractivity contribution in [1.29, 1.82) is 0 Å². The fourth-order valence-electron chi connectivity index (χ4n) is 2.07. The Morgan fingerprint density at radius 1 is 1.17 bits per heavy atom. The Hall–Kier alpha value is -1.48. The molecule has 0 aliphatic carbocycles. The van der Waals surface area contributed by atoms with Gasteiger partial charge in [0.1, 0.15) is 5.75 Å². The average Bonchev–Trinajstić information content (AvgIpc) is 2.52. The topological polar surface area (TPSA) is 27.1 Å². The van der Waals surface area contributed by atoms with Crippen molar-refractivity contribution in [1.82, 2.24) is 9.78 Å². The Morgan fingerprint density at radius 2 is 1.78 bits per heavy atom. The van der Waals surface area contributed by atoms with Gasteiger partial charge in [0.25, 0.3) is 0 Å². The van der Waals surface area contributed by atoms with Crippen LogP contribution in [0.2, 0.25) is 0 Å². The summed E-state index contributed by atoms with van der Waals surface area (Å²) in [5, 5.41) is 4.33. The SMILES string of the molecule is Cc1cc(C)cc(Oc2c(CCl)c(C)nn2C)c1. The number of rotatable bonds is 3. The molecule has 0 aliphatic heterocycles. The van der Waals surface area contributed by atoms with Crippen LogP contribution in [0, 0.1) is 20.8 Å². The number of aromatic nitrogens is 2. The molecule has 1 aromatic heterocycles. The number of aryl methyl sites for hydroxylation is 4. The minimum absolute atomic E-state index is 0.403. The molecule has 2 rings (SSSR count). The molecule has 4 heteroatoms. The highest BCUT2D eigenvalue weighted by Crippen LogP contribution is 2.29. The van der Waals surface area contributed by atoms with E-state index < -0.39 is 0 Å². The maximum Gasteiger partial charge on any atom is 0.222 e. The number of hydrogen-bond donors (Lipinski definition) is 0. The maximum absolute atomic E-state index is 5.95. The van der Waals surface area contributed by atoms with Crippen molar-refractivity contribution in [2.45, 2.75) is 26.7 Å². The third-order valence-electron chi connectivity index (χ3n) is 2.83. The van der Waals surface area contributed by atoms with Crippen molar-refractivity contribution >= 4 is 11.6 Å². The third kappa shape index (κ3) is 2.51. The monoisotopic (exact) mass is 264 g/mol. The van der Waals surface area contributed by atoms with Gasteiger partial charge in [0, 0.05) is 7.05 Å². The highest BCUT2D eigenvalue weighted by molar-refractivity contribution is 6.17. The first-order valence-electron chi connectivity index (χ1n) is 5.86. The number of hydrogen-bond acceptors (Lipinski definition) is 2. The van der Waals surface area contributed by atoms with Crippen LogP contribution >= 0.6 is 11.6 Å². The Balaban J connectivity index is 2.39. The maximum atomic E-state index is 5.95. The predicted molar refractivity (Wildman–Crippen MR) is 73.5 cm³/mol. The van der Waals surface area contributed by atoms with E-state index in [1.54, 1.807) is 4.68 Å². The smallest absolute Gasteiger partial charge is 0.222 e. The molecule has 0 bridgehead atoms. The van der Waals surface area contributed by atoms with Crippen LogP contribution in [0.5, 0.6) is 11.6 Å². The van der Waals surface area contributed by atoms with Crippen LogP contribution in [-0.4, -0.2) is 9.78 Å². The molecule has 1 heterocycles. The predicted octanol–water partition coefficient (Wildman–Crippen LogP) is 3.88. The van der Waals surface area contributed by atoms with Gasteiger partial charge in [-0.05, 0) is 44.0 Å². The summed E-state index contributed by atoms with van der Waals surface area (Å²) < 4.78 is 7.66. The first-order valence-corrected chi connectivity index (χ1v) is 6.39. The van der Waals surface area contributed by atoms with Crippen molar-refractivity contribution in [3.63, 3.8) is 0 Å². The lowest BCUT2D eigenvalue weighted by atomic mass is 10.1. The number of benzene rings is 1. The van der Waals surface area contributed by atoms with Crippen LogP contribution in [0.25, 0.3) is 0 Å². The molecule has 96 valence electrons. The van der Waals surface area contributed by atoms with E-state index in [4.69, 9.17) is 16.3 Å².